The van der Waals surface area contributed by atoms with Gasteiger partial charge in [0.05, 0.1) is 0 Å². The number of nitrogens with one attached hydrogen (secondary N) is 1. The summed E-state index contributed by atoms with van der Waals surface area (Å²) in [6.07, 6.45) is 8.68. The van der Waals surface area contributed by atoms with Crippen molar-refractivity contribution in [3.05, 3.63) is 29.8 Å². The lowest BCUT2D eigenvalue weighted by molar-refractivity contribution is 0.688. The molecule has 1 aromatic rings. The third kappa shape index (κ3) is 2.51. The molecular weight excluding hydrogens is 184 g/mol. The van der Waals surface area contributed by atoms with Gasteiger partial charge < -0.3 is 11.1 Å². The zero-order chi connectivity index (χ0) is 10.7. The summed E-state index contributed by atoms with van der Waals surface area (Å²) in [6, 6.07) is 8.83. The van der Waals surface area contributed by atoms with E-state index in [1.807, 2.05) is 24.3 Å². The molecule has 0 heterocycles. The van der Waals surface area contributed by atoms with Crippen LogP contribution in [0.3, 0.4) is 0 Å². The molecule has 1 aliphatic rings. The van der Waals surface area contributed by atoms with Gasteiger partial charge in [0.25, 0.3) is 0 Å². The van der Waals surface area contributed by atoms with Crippen molar-refractivity contribution in [1.82, 2.24) is 0 Å². The highest BCUT2D eigenvalue weighted by Crippen LogP contribution is 2.22. The van der Waals surface area contributed by atoms with Gasteiger partial charge in [0.15, 0.2) is 0 Å². The second kappa shape index (κ2) is 4.37. The molecule has 2 rings (SSSR count). The first-order valence-electron chi connectivity index (χ1n) is 5.37. The molecule has 1 aromatic carbocycles. The van der Waals surface area contributed by atoms with Crippen molar-refractivity contribution in [2.75, 3.05) is 5.32 Å². The van der Waals surface area contributed by atoms with Gasteiger partial charge in [0.2, 0.25) is 0 Å². The Labute approximate surface area is 90.9 Å². The first-order valence-corrected chi connectivity index (χ1v) is 5.37. The minimum Gasteiger partial charge on any atom is -0.382 e. The van der Waals surface area contributed by atoms with E-state index in [2.05, 4.69) is 11.2 Å². The van der Waals surface area contributed by atoms with Gasteiger partial charge in [-0.1, -0.05) is 12.0 Å². The number of hydrogen-bond donors (Lipinski definition) is 2. The van der Waals surface area contributed by atoms with Gasteiger partial charge in [-0.15, -0.1) is 6.42 Å². The average molecular weight is 200 g/mol. The number of terminal acetylenes is 1. The quantitative estimate of drug-likeness (QED) is 0.716. The van der Waals surface area contributed by atoms with Crippen LogP contribution in [-0.2, 0) is 0 Å². The smallest absolute Gasteiger partial charge is 0.0354 e. The van der Waals surface area contributed by atoms with Crippen LogP contribution in [-0.4, -0.2) is 12.1 Å². The van der Waals surface area contributed by atoms with Gasteiger partial charge in [0, 0.05) is 23.3 Å². The van der Waals surface area contributed by atoms with Crippen molar-refractivity contribution < 1.29 is 0 Å². The third-order valence-corrected chi connectivity index (χ3v) is 2.87. The van der Waals surface area contributed by atoms with Crippen LogP contribution in [0, 0.1) is 12.3 Å². The largest absolute Gasteiger partial charge is 0.382 e. The van der Waals surface area contributed by atoms with Crippen LogP contribution in [0.4, 0.5) is 5.69 Å². The number of benzene rings is 1. The maximum atomic E-state index is 5.86. The summed E-state index contributed by atoms with van der Waals surface area (Å²) < 4.78 is 0. The van der Waals surface area contributed by atoms with Crippen molar-refractivity contribution in [3.63, 3.8) is 0 Å². The van der Waals surface area contributed by atoms with Crippen LogP contribution in [0.1, 0.15) is 24.8 Å². The Morgan fingerprint density at radius 2 is 2.27 bits per heavy atom. The second-order valence-corrected chi connectivity index (χ2v) is 4.14. The Morgan fingerprint density at radius 1 is 1.40 bits per heavy atom. The zero-order valence-electron chi connectivity index (χ0n) is 8.74. The Balaban J connectivity index is 2.02. The molecule has 2 atom stereocenters. The first-order chi connectivity index (χ1) is 7.28. The number of nitrogens with two attached hydrogens (primary N) is 1. The molecule has 0 aromatic heterocycles. The maximum Gasteiger partial charge on any atom is 0.0354 e. The van der Waals surface area contributed by atoms with E-state index in [9.17, 15) is 0 Å². The number of hydrogen-bond acceptors (Lipinski definition) is 2. The topological polar surface area (TPSA) is 38.0 Å². The zero-order valence-corrected chi connectivity index (χ0v) is 8.74. The summed E-state index contributed by atoms with van der Waals surface area (Å²) in [5.74, 6) is 2.64. The van der Waals surface area contributed by atoms with Crippen LogP contribution < -0.4 is 11.1 Å². The van der Waals surface area contributed by atoms with E-state index in [0.717, 1.165) is 30.5 Å². The van der Waals surface area contributed by atoms with Gasteiger partial charge >= 0.3 is 0 Å². The number of rotatable bonds is 2. The molecule has 3 N–H and O–H groups in total. The lowest BCUT2D eigenvalue weighted by atomic mass is 10.2. The van der Waals surface area contributed by atoms with E-state index >= 15 is 0 Å². The molecule has 0 amide bonds. The maximum absolute atomic E-state index is 5.86. The predicted molar refractivity (Wildman–Crippen MR) is 63.6 cm³/mol. The van der Waals surface area contributed by atoms with E-state index in [-0.39, 0.29) is 0 Å². The molecule has 1 saturated carbocycles. The van der Waals surface area contributed by atoms with Gasteiger partial charge in [-0.3, -0.25) is 0 Å². The fourth-order valence-electron chi connectivity index (χ4n) is 2.08. The Morgan fingerprint density at radius 3 is 2.93 bits per heavy atom. The Hall–Kier alpha value is -1.46. The van der Waals surface area contributed by atoms with Crippen molar-refractivity contribution in [2.24, 2.45) is 5.73 Å². The van der Waals surface area contributed by atoms with E-state index in [0.29, 0.717) is 12.1 Å². The van der Waals surface area contributed by atoms with Crippen LogP contribution in [0.25, 0.3) is 0 Å². The van der Waals surface area contributed by atoms with Gasteiger partial charge in [-0.05, 0) is 37.5 Å². The SMILES string of the molecule is C#Cc1cccc(NC2CCC(N)C2)c1. The fraction of sp³-hybridized carbons (Fsp3) is 0.385. The summed E-state index contributed by atoms with van der Waals surface area (Å²) in [5.41, 5.74) is 7.88. The highest BCUT2D eigenvalue weighted by molar-refractivity contribution is 5.50. The Bertz CT molecular complexity index is 378. The van der Waals surface area contributed by atoms with E-state index < -0.39 is 0 Å². The molecule has 78 valence electrons. The minimum atomic E-state index is 0.360. The fourth-order valence-corrected chi connectivity index (χ4v) is 2.08. The molecule has 0 bridgehead atoms. The summed E-state index contributed by atoms with van der Waals surface area (Å²) in [6.45, 7) is 0. The van der Waals surface area contributed by atoms with Gasteiger partial charge in [-0.25, -0.2) is 0 Å². The van der Waals surface area contributed by atoms with Crippen LogP contribution >= 0.6 is 0 Å². The van der Waals surface area contributed by atoms with E-state index in [4.69, 9.17) is 12.2 Å². The van der Waals surface area contributed by atoms with Crippen LogP contribution in [0.5, 0.6) is 0 Å². The summed E-state index contributed by atoms with van der Waals surface area (Å²) in [7, 11) is 0. The molecule has 1 aliphatic carbocycles. The molecule has 15 heavy (non-hydrogen) atoms. The standard InChI is InChI=1S/C13H16N2/c1-2-10-4-3-5-12(8-10)15-13-7-6-11(14)9-13/h1,3-5,8,11,13,15H,6-7,9,14H2. The van der Waals surface area contributed by atoms with Gasteiger partial charge in [-0.2, -0.15) is 0 Å². The van der Waals surface area contributed by atoms with Crippen molar-refractivity contribution in [1.29, 1.82) is 0 Å². The highest BCUT2D eigenvalue weighted by Gasteiger charge is 2.21. The molecule has 2 nitrogen and oxygen atoms in total. The highest BCUT2D eigenvalue weighted by atomic mass is 14.9. The molecular formula is C13H16N2. The average Bonchev–Trinajstić information content (AvgIpc) is 2.64. The molecule has 0 aliphatic heterocycles. The molecule has 1 fully saturated rings. The summed E-state index contributed by atoms with van der Waals surface area (Å²) in [4.78, 5) is 0. The molecule has 2 unspecified atom stereocenters. The van der Waals surface area contributed by atoms with Crippen molar-refractivity contribution >= 4 is 5.69 Å². The van der Waals surface area contributed by atoms with E-state index in [1.165, 1.54) is 0 Å². The van der Waals surface area contributed by atoms with Crippen LogP contribution in [0.15, 0.2) is 24.3 Å². The van der Waals surface area contributed by atoms with Crippen molar-refractivity contribution in [2.45, 2.75) is 31.3 Å². The predicted octanol–water partition coefficient (Wildman–Crippen LogP) is 1.96. The first kappa shape index (κ1) is 10.1. The second-order valence-electron chi connectivity index (χ2n) is 4.14. The van der Waals surface area contributed by atoms with Gasteiger partial charge in [0.1, 0.15) is 0 Å². The van der Waals surface area contributed by atoms with Crippen molar-refractivity contribution in [3.8, 4) is 12.3 Å². The lowest BCUT2D eigenvalue weighted by Crippen LogP contribution is -2.20. The molecule has 0 spiro atoms. The molecule has 0 saturated heterocycles. The third-order valence-electron chi connectivity index (χ3n) is 2.87. The van der Waals surface area contributed by atoms with Crippen LogP contribution in [0.2, 0.25) is 0 Å². The normalized spacial score (nSPS) is 24.8. The van der Waals surface area contributed by atoms with E-state index in [1.54, 1.807) is 0 Å². The minimum absolute atomic E-state index is 0.360. The Kier molecular flexibility index (Phi) is 2.94. The molecule has 2 heteroatoms. The summed E-state index contributed by atoms with van der Waals surface area (Å²) >= 11 is 0. The lowest BCUT2D eigenvalue weighted by Gasteiger charge is -2.13. The molecule has 0 radical (unpaired) electrons. The summed E-state index contributed by atoms with van der Waals surface area (Å²) in [5, 5.41) is 3.47. The monoisotopic (exact) mass is 200 g/mol. The number of anilines is 1.